The van der Waals surface area contributed by atoms with E-state index in [9.17, 15) is 18.7 Å². The fourth-order valence-corrected chi connectivity index (χ4v) is 4.75. The number of fused-ring (bicyclic) bond motifs is 3. The summed E-state index contributed by atoms with van der Waals surface area (Å²) in [5, 5.41) is 14.8. The number of unbranched alkanes of at least 4 members (excludes halogenated alkanes) is 1. The first-order valence-electron chi connectivity index (χ1n) is 12.6. The second-order valence-electron chi connectivity index (χ2n) is 9.94. The third kappa shape index (κ3) is 4.71. The number of hydrogen-bond donors (Lipinski definition) is 2. The highest BCUT2D eigenvalue weighted by atomic mass is 19.1. The maximum atomic E-state index is 14.2. The fraction of sp³-hybridized carbons (Fsp3) is 0.423. The van der Waals surface area contributed by atoms with E-state index in [4.69, 9.17) is 5.73 Å². The zero-order chi connectivity index (χ0) is 27.2. The quantitative estimate of drug-likeness (QED) is 0.337. The van der Waals surface area contributed by atoms with Crippen LogP contribution in [0.1, 0.15) is 48.1 Å². The van der Waals surface area contributed by atoms with Gasteiger partial charge in [-0.25, -0.2) is 23.7 Å². The number of benzene rings is 1. The lowest BCUT2D eigenvalue weighted by Crippen LogP contribution is -2.61. The molecule has 10 nitrogen and oxygen atoms in total. The van der Waals surface area contributed by atoms with Crippen molar-refractivity contribution in [2.75, 3.05) is 37.3 Å². The molecule has 0 radical (unpaired) electrons. The lowest BCUT2D eigenvalue weighted by atomic mass is 9.91. The Bertz CT molecular complexity index is 1530. The number of nitrogen functional groups attached to an aromatic ring is 1. The number of nitrogens with zero attached hydrogens (tertiary/aromatic N) is 7. The van der Waals surface area contributed by atoms with E-state index < -0.39 is 17.2 Å². The normalized spacial score (nSPS) is 14.7. The molecule has 0 spiro atoms. The standard InChI is InChI=1S/C26H30F2N8O2/c1-4-26(38)13-35(14-26)21-9-8-17(15(2)30-21)24(37)34(3)10-6-5-7-20-31-23-18-11-16(27)12-19(28)22(18)32-25(29)36(23)33-20/h8-9,11-12,38H,4-7,10,13-14H2,1-3H3,(H2,29,32). The molecule has 1 amide bonds. The Morgan fingerprint density at radius 3 is 2.66 bits per heavy atom. The smallest absolute Gasteiger partial charge is 0.255 e. The van der Waals surface area contributed by atoms with Crippen LogP contribution in [0, 0.1) is 18.6 Å². The minimum Gasteiger partial charge on any atom is -0.386 e. The second kappa shape index (κ2) is 9.75. The first-order chi connectivity index (χ1) is 18.1. The van der Waals surface area contributed by atoms with E-state index in [0.29, 0.717) is 62.4 Å². The Morgan fingerprint density at radius 1 is 1.18 bits per heavy atom. The van der Waals surface area contributed by atoms with Gasteiger partial charge in [0.15, 0.2) is 17.3 Å². The summed E-state index contributed by atoms with van der Waals surface area (Å²) in [5.74, 6) is -0.460. The summed E-state index contributed by atoms with van der Waals surface area (Å²) in [6.07, 6.45) is 2.58. The highest BCUT2D eigenvalue weighted by molar-refractivity contribution is 5.95. The van der Waals surface area contributed by atoms with Crippen LogP contribution in [0.15, 0.2) is 24.3 Å². The number of carbonyl (C=O) groups excluding carboxylic acids is 1. The van der Waals surface area contributed by atoms with Gasteiger partial charge >= 0.3 is 0 Å². The number of anilines is 2. The molecule has 4 heterocycles. The number of carbonyl (C=O) groups is 1. The molecule has 1 aliphatic heterocycles. The van der Waals surface area contributed by atoms with Gasteiger partial charge in [0, 0.05) is 39.2 Å². The molecule has 1 saturated heterocycles. The molecule has 0 bridgehead atoms. The molecule has 38 heavy (non-hydrogen) atoms. The van der Waals surface area contributed by atoms with Gasteiger partial charge in [-0.05, 0) is 44.4 Å². The van der Waals surface area contributed by atoms with Gasteiger partial charge in [0.2, 0.25) is 5.95 Å². The van der Waals surface area contributed by atoms with Crippen molar-refractivity contribution in [2.24, 2.45) is 0 Å². The molecule has 0 saturated carbocycles. The van der Waals surface area contributed by atoms with E-state index in [0.717, 1.165) is 18.0 Å². The molecule has 1 aromatic carbocycles. The highest BCUT2D eigenvalue weighted by Gasteiger charge is 2.40. The minimum absolute atomic E-state index is 0.0350. The number of β-amino-alcohol motifs (C(OH)–C–C–N with tert-alkyl or cyclic N) is 1. The number of amides is 1. The lowest BCUT2D eigenvalue weighted by molar-refractivity contribution is 0.00803. The van der Waals surface area contributed by atoms with Crippen LogP contribution >= 0.6 is 0 Å². The van der Waals surface area contributed by atoms with E-state index in [1.807, 2.05) is 24.8 Å². The van der Waals surface area contributed by atoms with Crippen LogP contribution in [-0.4, -0.2) is 72.8 Å². The minimum atomic E-state index is -0.809. The molecule has 200 valence electrons. The van der Waals surface area contributed by atoms with E-state index in [-0.39, 0.29) is 28.4 Å². The van der Waals surface area contributed by atoms with E-state index >= 15 is 0 Å². The fourth-order valence-electron chi connectivity index (χ4n) is 4.75. The number of aliphatic hydroxyl groups is 1. The van der Waals surface area contributed by atoms with E-state index in [2.05, 4.69) is 20.1 Å². The maximum absolute atomic E-state index is 14.2. The largest absolute Gasteiger partial charge is 0.386 e. The summed E-state index contributed by atoms with van der Waals surface area (Å²) in [6.45, 7) is 5.37. The van der Waals surface area contributed by atoms with Crippen LogP contribution in [0.5, 0.6) is 0 Å². The Balaban J connectivity index is 1.19. The molecule has 4 aromatic rings. The Hall–Kier alpha value is -3.93. The maximum Gasteiger partial charge on any atom is 0.255 e. The van der Waals surface area contributed by atoms with Crippen molar-refractivity contribution >= 4 is 34.2 Å². The van der Waals surface area contributed by atoms with Crippen molar-refractivity contribution in [2.45, 2.75) is 45.1 Å². The summed E-state index contributed by atoms with van der Waals surface area (Å²) in [6, 6.07) is 5.53. The number of hydrogen-bond acceptors (Lipinski definition) is 8. The zero-order valence-electron chi connectivity index (χ0n) is 21.6. The molecular weight excluding hydrogens is 494 g/mol. The molecule has 1 fully saturated rings. The topological polar surface area (TPSA) is 126 Å². The van der Waals surface area contributed by atoms with Crippen LogP contribution in [0.3, 0.4) is 0 Å². The SMILES string of the molecule is CCC1(O)CN(c2ccc(C(=O)N(C)CCCCc3nc4c5cc(F)cc(F)c5nc(N)n4n3)c(C)n2)C1. The Kier molecular flexibility index (Phi) is 6.59. The van der Waals surface area contributed by atoms with Crippen LogP contribution in [0.4, 0.5) is 20.5 Å². The van der Waals surface area contributed by atoms with Gasteiger partial charge in [-0.15, -0.1) is 5.10 Å². The van der Waals surface area contributed by atoms with Crippen molar-refractivity contribution in [3.05, 3.63) is 53.0 Å². The average Bonchev–Trinajstić information content (AvgIpc) is 3.30. The molecule has 3 aromatic heterocycles. The van der Waals surface area contributed by atoms with Gasteiger partial charge in [0.25, 0.3) is 5.91 Å². The molecule has 3 N–H and O–H groups in total. The zero-order valence-corrected chi connectivity index (χ0v) is 21.6. The van der Waals surface area contributed by atoms with Crippen LogP contribution < -0.4 is 10.6 Å². The summed E-state index contributed by atoms with van der Waals surface area (Å²) in [7, 11) is 1.75. The van der Waals surface area contributed by atoms with Crippen molar-refractivity contribution < 1.29 is 18.7 Å². The molecule has 0 unspecified atom stereocenters. The number of nitrogens with two attached hydrogens (primary N) is 1. The highest BCUT2D eigenvalue weighted by Crippen LogP contribution is 2.29. The molecule has 1 aliphatic rings. The van der Waals surface area contributed by atoms with Crippen LogP contribution in [0.2, 0.25) is 0 Å². The average molecular weight is 525 g/mol. The van der Waals surface area contributed by atoms with Gasteiger partial charge in [-0.1, -0.05) is 6.92 Å². The van der Waals surface area contributed by atoms with Gasteiger partial charge in [0.1, 0.15) is 17.2 Å². The van der Waals surface area contributed by atoms with Crippen molar-refractivity contribution in [3.8, 4) is 0 Å². The molecule has 0 atom stereocenters. The number of aryl methyl sites for hydroxylation is 2. The number of halogens is 2. The van der Waals surface area contributed by atoms with Gasteiger partial charge in [-0.2, -0.15) is 4.52 Å². The predicted octanol–water partition coefficient (Wildman–Crippen LogP) is 2.90. The third-order valence-corrected chi connectivity index (χ3v) is 7.11. The first-order valence-corrected chi connectivity index (χ1v) is 12.6. The lowest BCUT2D eigenvalue weighted by Gasteiger charge is -2.46. The summed E-state index contributed by atoms with van der Waals surface area (Å²) in [4.78, 5) is 29.7. The van der Waals surface area contributed by atoms with Crippen molar-refractivity contribution in [1.29, 1.82) is 0 Å². The number of aromatic nitrogens is 5. The van der Waals surface area contributed by atoms with E-state index in [1.165, 1.54) is 4.52 Å². The molecule has 5 rings (SSSR count). The van der Waals surface area contributed by atoms with Gasteiger partial charge < -0.3 is 20.6 Å². The third-order valence-electron chi connectivity index (χ3n) is 7.11. The predicted molar refractivity (Wildman–Crippen MR) is 139 cm³/mol. The Morgan fingerprint density at radius 2 is 1.95 bits per heavy atom. The summed E-state index contributed by atoms with van der Waals surface area (Å²) in [5.41, 5.74) is 6.64. The van der Waals surface area contributed by atoms with E-state index in [1.54, 1.807) is 18.0 Å². The number of rotatable bonds is 8. The monoisotopic (exact) mass is 524 g/mol. The van der Waals surface area contributed by atoms with Gasteiger partial charge in [0.05, 0.1) is 22.2 Å². The van der Waals surface area contributed by atoms with Crippen LogP contribution in [0.25, 0.3) is 16.6 Å². The molecule has 0 aliphatic carbocycles. The Labute approximate surface area is 218 Å². The van der Waals surface area contributed by atoms with Crippen LogP contribution in [-0.2, 0) is 6.42 Å². The van der Waals surface area contributed by atoms with Gasteiger partial charge in [-0.3, -0.25) is 4.79 Å². The van der Waals surface area contributed by atoms with Crippen molar-refractivity contribution in [3.63, 3.8) is 0 Å². The summed E-state index contributed by atoms with van der Waals surface area (Å²) < 4.78 is 29.2. The molecular formula is C26H30F2N8O2. The number of pyridine rings is 1. The molecule has 12 heteroatoms. The second-order valence-corrected chi connectivity index (χ2v) is 9.94. The first kappa shape index (κ1) is 25.7. The van der Waals surface area contributed by atoms with Crippen molar-refractivity contribution in [1.82, 2.24) is 29.5 Å². The summed E-state index contributed by atoms with van der Waals surface area (Å²) >= 11 is 0.